The quantitative estimate of drug-likeness (QED) is 0.680. The van der Waals surface area contributed by atoms with Gasteiger partial charge < -0.3 is 15.7 Å². The number of benzene rings is 1. The molecule has 3 N–H and O–H groups in total. The van der Waals surface area contributed by atoms with Crippen LogP contribution in [0.5, 0.6) is 0 Å². The van der Waals surface area contributed by atoms with E-state index in [0.717, 1.165) is 5.56 Å². The van der Waals surface area contributed by atoms with E-state index in [4.69, 9.17) is 5.11 Å². The SMILES string of the molecule is CC[C@@H](NC(=O)CCC(=O)N[C@H](C)c1ccccc1)C(=O)O. The highest BCUT2D eigenvalue weighted by Gasteiger charge is 2.18. The lowest BCUT2D eigenvalue weighted by atomic mass is 10.1. The van der Waals surface area contributed by atoms with Crippen LogP contribution in [0, 0.1) is 0 Å². The molecule has 0 aliphatic rings. The van der Waals surface area contributed by atoms with Gasteiger partial charge in [0, 0.05) is 12.8 Å². The van der Waals surface area contributed by atoms with Crippen molar-refractivity contribution in [1.82, 2.24) is 10.6 Å². The van der Waals surface area contributed by atoms with Gasteiger partial charge in [-0.3, -0.25) is 9.59 Å². The van der Waals surface area contributed by atoms with Crippen molar-refractivity contribution >= 4 is 17.8 Å². The molecular formula is C16H22N2O4. The van der Waals surface area contributed by atoms with Gasteiger partial charge in [-0.2, -0.15) is 0 Å². The summed E-state index contributed by atoms with van der Waals surface area (Å²) >= 11 is 0. The van der Waals surface area contributed by atoms with Gasteiger partial charge in [0.15, 0.2) is 0 Å². The van der Waals surface area contributed by atoms with Crippen molar-refractivity contribution < 1.29 is 19.5 Å². The van der Waals surface area contributed by atoms with Crippen molar-refractivity contribution in [2.75, 3.05) is 0 Å². The van der Waals surface area contributed by atoms with E-state index in [2.05, 4.69) is 10.6 Å². The molecule has 2 amide bonds. The molecule has 0 bridgehead atoms. The van der Waals surface area contributed by atoms with Crippen LogP contribution in [0.2, 0.25) is 0 Å². The van der Waals surface area contributed by atoms with E-state index in [9.17, 15) is 14.4 Å². The molecule has 1 aromatic rings. The summed E-state index contributed by atoms with van der Waals surface area (Å²) in [6.45, 7) is 3.54. The topological polar surface area (TPSA) is 95.5 Å². The molecule has 120 valence electrons. The fourth-order valence-electron chi connectivity index (χ4n) is 1.97. The second kappa shape index (κ2) is 8.81. The number of nitrogens with one attached hydrogen (secondary N) is 2. The summed E-state index contributed by atoms with van der Waals surface area (Å²) in [5.41, 5.74) is 0.984. The summed E-state index contributed by atoms with van der Waals surface area (Å²) in [5, 5.41) is 14.0. The average molecular weight is 306 g/mol. The average Bonchev–Trinajstić information content (AvgIpc) is 2.51. The zero-order chi connectivity index (χ0) is 16.5. The van der Waals surface area contributed by atoms with Crippen molar-refractivity contribution in [3.63, 3.8) is 0 Å². The number of carboxylic acids is 1. The Morgan fingerprint density at radius 1 is 1.05 bits per heavy atom. The predicted octanol–water partition coefficient (Wildman–Crippen LogP) is 1.62. The summed E-state index contributed by atoms with van der Waals surface area (Å²) in [5.74, 6) is -1.75. The number of carboxylic acid groups (broad SMARTS) is 1. The van der Waals surface area contributed by atoms with E-state index in [1.54, 1.807) is 6.92 Å². The smallest absolute Gasteiger partial charge is 0.326 e. The number of amides is 2. The minimum Gasteiger partial charge on any atom is -0.480 e. The Kier molecular flexibility index (Phi) is 7.08. The van der Waals surface area contributed by atoms with Gasteiger partial charge in [-0.05, 0) is 18.9 Å². The van der Waals surface area contributed by atoms with E-state index in [1.165, 1.54) is 0 Å². The highest BCUT2D eigenvalue weighted by molar-refractivity contribution is 5.86. The maximum atomic E-state index is 11.8. The van der Waals surface area contributed by atoms with Gasteiger partial charge in [0.05, 0.1) is 6.04 Å². The molecular weight excluding hydrogens is 284 g/mol. The summed E-state index contributed by atoms with van der Waals surface area (Å²) in [6.07, 6.45) is 0.300. The van der Waals surface area contributed by atoms with Gasteiger partial charge in [-0.1, -0.05) is 37.3 Å². The number of rotatable bonds is 8. The molecule has 2 atom stereocenters. The first-order valence-electron chi connectivity index (χ1n) is 7.30. The standard InChI is InChI=1S/C16H22N2O4/c1-3-13(16(21)22)18-15(20)10-9-14(19)17-11(2)12-7-5-4-6-8-12/h4-8,11,13H,3,9-10H2,1-2H3,(H,17,19)(H,18,20)(H,21,22)/t11-,13-/m1/s1. The van der Waals surface area contributed by atoms with Crippen molar-refractivity contribution in [2.24, 2.45) is 0 Å². The Bertz CT molecular complexity index is 516. The maximum absolute atomic E-state index is 11.8. The van der Waals surface area contributed by atoms with Crippen LogP contribution >= 0.6 is 0 Å². The number of aliphatic carboxylic acids is 1. The molecule has 0 saturated heterocycles. The van der Waals surface area contributed by atoms with Crippen LogP contribution in [0.3, 0.4) is 0 Å². The highest BCUT2D eigenvalue weighted by Crippen LogP contribution is 2.11. The van der Waals surface area contributed by atoms with Crippen molar-refractivity contribution in [1.29, 1.82) is 0 Å². The van der Waals surface area contributed by atoms with Gasteiger partial charge in [0.2, 0.25) is 11.8 Å². The van der Waals surface area contributed by atoms with Crippen LogP contribution in [0.15, 0.2) is 30.3 Å². The van der Waals surface area contributed by atoms with Crippen molar-refractivity contribution in [3.05, 3.63) is 35.9 Å². The molecule has 0 aromatic heterocycles. The van der Waals surface area contributed by atoms with E-state index in [-0.39, 0.29) is 24.8 Å². The molecule has 6 nitrogen and oxygen atoms in total. The van der Waals surface area contributed by atoms with Crippen LogP contribution < -0.4 is 10.6 Å². The normalized spacial score (nSPS) is 13.0. The summed E-state index contributed by atoms with van der Waals surface area (Å²) in [7, 11) is 0. The Balaban J connectivity index is 2.37. The Labute approximate surface area is 129 Å². The Morgan fingerprint density at radius 2 is 1.59 bits per heavy atom. The third-order valence-corrected chi connectivity index (χ3v) is 3.30. The van der Waals surface area contributed by atoms with Gasteiger partial charge in [-0.25, -0.2) is 4.79 Å². The summed E-state index contributed by atoms with van der Waals surface area (Å²) in [4.78, 5) is 34.2. The zero-order valence-electron chi connectivity index (χ0n) is 12.8. The lowest BCUT2D eigenvalue weighted by Gasteiger charge is -2.15. The molecule has 0 aliphatic carbocycles. The van der Waals surface area contributed by atoms with Crippen LogP contribution in [0.1, 0.15) is 44.7 Å². The Hall–Kier alpha value is -2.37. The van der Waals surface area contributed by atoms with Crippen molar-refractivity contribution in [2.45, 2.75) is 45.2 Å². The van der Waals surface area contributed by atoms with Gasteiger partial charge in [0.25, 0.3) is 0 Å². The second-order valence-corrected chi connectivity index (χ2v) is 5.07. The largest absolute Gasteiger partial charge is 0.480 e. The highest BCUT2D eigenvalue weighted by atomic mass is 16.4. The molecule has 0 heterocycles. The van der Waals surface area contributed by atoms with Gasteiger partial charge >= 0.3 is 5.97 Å². The molecule has 0 unspecified atom stereocenters. The van der Waals surface area contributed by atoms with Crippen LogP contribution in [-0.4, -0.2) is 28.9 Å². The minimum atomic E-state index is -1.07. The fraction of sp³-hybridized carbons (Fsp3) is 0.438. The predicted molar refractivity (Wildman–Crippen MR) is 82.1 cm³/mol. The van der Waals surface area contributed by atoms with E-state index in [0.29, 0.717) is 6.42 Å². The number of carbonyl (C=O) groups is 3. The third kappa shape index (κ3) is 5.95. The summed E-state index contributed by atoms with van der Waals surface area (Å²) in [6, 6.07) is 8.46. The molecule has 0 spiro atoms. The zero-order valence-corrected chi connectivity index (χ0v) is 12.8. The van der Waals surface area contributed by atoms with Crippen LogP contribution in [0.4, 0.5) is 0 Å². The Morgan fingerprint density at radius 3 is 2.09 bits per heavy atom. The van der Waals surface area contributed by atoms with Gasteiger partial charge in [-0.15, -0.1) is 0 Å². The van der Waals surface area contributed by atoms with Gasteiger partial charge in [0.1, 0.15) is 6.04 Å². The molecule has 0 fully saturated rings. The molecule has 6 heteroatoms. The van der Waals surface area contributed by atoms with E-state index < -0.39 is 17.9 Å². The van der Waals surface area contributed by atoms with E-state index >= 15 is 0 Å². The number of hydrogen-bond acceptors (Lipinski definition) is 3. The number of carbonyl (C=O) groups excluding carboxylic acids is 2. The maximum Gasteiger partial charge on any atom is 0.326 e. The lowest BCUT2D eigenvalue weighted by Crippen LogP contribution is -2.40. The first-order valence-corrected chi connectivity index (χ1v) is 7.30. The first kappa shape index (κ1) is 17.7. The number of hydrogen-bond donors (Lipinski definition) is 3. The molecule has 1 aromatic carbocycles. The molecule has 0 saturated carbocycles. The molecule has 0 radical (unpaired) electrons. The second-order valence-electron chi connectivity index (χ2n) is 5.07. The molecule has 1 rings (SSSR count). The fourth-order valence-corrected chi connectivity index (χ4v) is 1.97. The monoisotopic (exact) mass is 306 g/mol. The summed E-state index contributed by atoms with van der Waals surface area (Å²) < 4.78 is 0. The lowest BCUT2D eigenvalue weighted by molar-refractivity contribution is -0.141. The van der Waals surface area contributed by atoms with Crippen molar-refractivity contribution in [3.8, 4) is 0 Å². The van der Waals surface area contributed by atoms with Crippen LogP contribution in [0.25, 0.3) is 0 Å². The first-order chi connectivity index (χ1) is 10.4. The molecule has 22 heavy (non-hydrogen) atoms. The minimum absolute atomic E-state index is 0.0268. The van der Waals surface area contributed by atoms with E-state index in [1.807, 2.05) is 37.3 Å². The third-order valence-electron chi connectivity index (χ3n) is 3.30. The van der Waals surface area contributed by atoms with Crippen LogP contribution in [-0.2, 0) is 14.4 Å². The molecule has 0 aliphatic heterocycles.